The number of carbonyl (C=O) groups is 1. The SMILES string of the molecule is CCOc1ccc(NC(=O)CSc2nnnn2C)cc1OCC. The van der Waals surface area contributed by atoms with Gasteiger partial charge in [0.25, 0.3) is 0 Å². The van der Waals surface area contributed by atoms with E-state index in [1.54, 1.807) is 25.2 Å². The molecule has 0 bridgehead atoms. The average Bonchev–Trinajstić information content (AvgIpc) is 2.93. The smallest absolute Gasteiger partial charge is 0.234 e. The van der Waals surface area contributed by atoms with E-state index in [0.29, 0.717) is 35.6 Å². The Morgan fingerprint density at radius 1 is 1.26 bits per heavy atom. The second kappa shape index (κ2) is 8.37. The highest BCUT2D eigenvalue weighted by atomic mass is 32.2. The molecule has 1 N–H and O–H groups in total. The molecule has 1 aromatic heterocycles. The van der Waals surface area contributed by atoms with Crippen LogP contribution in [-0.2, 0) is 11.8 Å². The Labute approximate surface area is 138 Å². The van der Waals surface area contributed by atoms with Crippen molar-refractivity contribution in [3.63, 3.8) is 0 Å². The molecular formula is C14H19N5O3S. The number of aromatic nitrogens is 4. The first kappa shape index (κ1) is 17.1. The number of nitrogens with one attached hydrogen (secondary N) is 1. The van der Waals surface area contributed by atoms with Crippen molar-refractivity contribution in [1.82, 2.24) is 20.2 Å². The summed E-state index contributed by atoms with van der Waals surface area (Å²) >= 11 is 1.27. The number of aryl methyl sites for hydroxylation is 1. The average molecular weight is 337 g/mol. The van der Waals surface area contributed by atoms with Crippen LogP contribution in [-0.4, -0.2) is 45.1 Å². The molecule has 124 valence electrons. The highest BCUT2D eigenvalue weighted by molar-refractivity contribution is 7.99. The molecule has 0 atom stereocenters. The fourth-order valence-corrected chi connectivity index (χ4v) is 2.45. The van der Waals surface area contributed by atoms with Crippen molar-refractivity contribution in [1.29, 1.82) is 0 Å². The van der Waals surface area contributed by atoms with E-state index in [2.05, 4.69) is 20.8 Å². The Kier molecular flexibility index (Phi) is 6.21. The quantitative estimate of drug-likeness (QED) is 0.734. The van der Waals surface area contributed by atoms with Gasteiger partial charge < -0.3 is 14.8 Å². The van der Waals surface area contributed by atoms with E-state index in [-0.39, 0.29) is 11.7 Å². The van der Waals surface area contributed by atoms with Gasteiger partial charge in [0, 0.05) is 18.8 Å². The van der Waals surface area contributed by atoms with Crippen LogP contribution in [0.5, 0.6) is 11.5 Å². The maximum Gasteiger partial charge on any atom is 0.234 e. The van der Waals surface area contributed by atoms with Crippen molar-refractivity contribution in [2.75, 3.05) is 24.3 Å². The van der Waals surface area contributed by atoms with Gasteiger partial charge in [-0.25, -0.2) is 4.68 Å². The molecule has 1 amide bonds. The van der Waals surface area contributed by atoms with Gasteiger partial charge in [-0.15, -0.1) is 5.10 Å². The fourth-order valence-electron chi connectivity index (χ4n) is 1.80. The van der Waals surface area contributed by atoms with Crippen molar-refractivity contribution in [3.8, 4) is 11.5 Å². The molecule has 0 spiro atoms. The van der Waals surface area contributed by atoms with Crippen molar-refractivity contribution in [2.24, 2.45) is 7.05 Å². The van der Waals surface area contributed by atoms with Gasteiger partial charge in [0.2, 0.25) is 11.1 Å². The molecule has 0 aliphatic carbocycles. The van der Waals surface area contributed by atoms with Crippen molar-refractivity contribution in [2.45, 2.75) is 19.0 Å². The summed E-state index contributed by atoms with van der Waals surface area (Å²) < 4.78 is 12.5. The van der Waals surface area contributed by atoms with E-state index in [1.165, 1.54) is 16.4 Å². The fraction of sp³-hybridized carbons (Fsp3) is 0.429. The molecule has 0 aliphatic heterocycles. The van der Waals surface area contributed by atoms with E-state index in [0.717, 1.165) is 0 Å². The lowest BCUT2D eigenvalue weighted by Gasteiger charge is -2.12. The normalized spacial score (nSPS) is 10.4. The molecule has 2 aromatic rings. The summed E-state index contributed by atoms with van der Waals surface area (Å²) in [6.45, 7) is 4.87. The zero-order valence-electron chi connectivity index (χ0n) is 13.3. The minimum atomic E-state index is -0.149. The molecule has 23 heavy (non-hydrogen) atoms. The standard InChI is InChI=1S/C14H19N5O3S/c1-4-21-11-7-6-10(8-12(11)22-5-2)15-13(20)9-23-14-16-17-18-19(14)3/h6-8H,4-5,9H2,1-3H3,(H,15,20). The Morgan fingerprint density at radius 3 is 2.65 bits per heavy atom. The second-order valence-corrected chi connectivity index (χ2v) is 5.39. The largest absolute Gasteiger partial charge is 0.490 e. The maximum atomic E-state index is 12.0. The molecular weight excluding hydrogens is 318 g/mol. The topological polar surface area (TPSA) is 91.2 Å². The van der Waals surface area contributed by atoms with Crippen LogP contribution in [0.1, 0.15) is 13.8 Å². The van der Waals surface area contributed by atoms with Crippen LogP contribution in [0.2, 0.25) is 0 Å². The Bertz CT molecular complexity index is 662. The van der Waals surface area contributed by atoms with E-state index in [9.17, 15) is 4.79 Å². The van der Waals surface area contributed by atoms with Crippen LogP contribution >= 0.6 is 11.8 Å². The lowest BCUT2D eigenvalue weighted by atomic mass is 10.2. The third-order valence-electron chi connectivity index (χ3n) is 2.74. The number of tetrazole rings is 1. The van der Waals surface area contributed by atoms with Gasteiger partial charge in [-0.2, -0.15) is 0 Å². The number of amides is 1. The van der Waals surface area contributed by atoms with Crippen molar-refractivity contribution in [3.05, 3.63) is 18.2 Å². The highest BCUT2D eigenvalue weighted by Crippen LogP contribution is 2.30. The first-order valence-electron chi connectivity index (χ1n) is 7.18. The molecule has 9 heteroatoms. The van der Waals surface area contributed by atoms with E-state index in [4.69, 9.17) is 9.47 Å². The predicted molar refractivity (Wildman–Crippen MR) is 86.9 cm³/mol. The van der Waals surface area contributed by atoms with Gasteiger partial charge in [0.1, 0.15) is 0 Å². The Balaban J connectivity index is 1.97. The summed E-state index contributed by atoms with van der Waals surface area (Å²) in [5.74, 6) is 1.33. The van der Waals surface area contributed by atoms with Crippen molar-refractivity contribution >= 4 is 23.4 Å². The third kappa shape index (κ3) is 4.85. The van der Waals surface area contributed by atoms with Gasteiger partial charge in [0.15, 0.2) is 11.5 Å². The van der Waals surface area contributed by atoms with E-state index in [1.807, 2.05) is 13.8 Å². The van der Waals surface area contributed by atoms with Gasteiger partial charge in [-0.1, -0.05) is 11.8 Å². The van der Waals surface area contributed by atoms with Gasteiger partial charge >= 0.3 is 0 Å². The number of rotatable bonds is 8. The van der Waals surface area contributed by atoms with Crippen LogP contribution < -0.4 is 14.8 Å². The minimum absolute atomic E-state index is 0.149. The number of hydrogen-bond donors (Lipinski definition) is 1. The third-order valence-corrected chi connectivity index (χ3v) is 3.75. The number of carbonyl (C=O) groups excluding carboxylic acids is 1. The first-order chi connectivity index (χ1) is 11.1. The molecule has 2 rings (SSSR count). The number of benzene rings is 1. The maximum absolute atomic E-state index is 12.0. The van der Waals surface area contributed by atoms with E-state index >= 15 is 0 Å². The summed E-state index contributed by atoms with van der Waals surface area (Å²) in [7, 11) is 1.72. The number of anilines is 1. The number of ether oxygens (including phenoxy) is 2. The van der Waals surface area contributed by atoms with Crippen LogP contribution in [0.25, 0.3) is 0 Å². The summed E-state index contributed by atoms with van der Waals surface area (Å²) in [4.78, 5) is 12.0. The first-order valence-corrected chi connectivity index (χ1v) is 8.17. The zero-order valence-corrected chi connectivity index (χ0v) is 14.1. The number of hydrogen-bond acceptors (Lipinski definition) is 7. The van der Waals surface area contributed by atoms with Gasteiger partial charge in [0.05, 0.1) is 19.0 Å². The van der Waals surface area contributed by atoms with Crippen LogP contribution in [0.3, 0.4) is 0 Å². The molecule has 0 saturated carbocycles. The monoisotopic (exact) mass is 337 g/mol. The lowest BCUT2D eigenvalue weighted by molar-refractivity contribution is -0.113. The predicted octanol–water partition coefficient (Wildman–Crippen LogP) is 1.74. The van der Waals surface area contributed by atoms with Gasteiger partial charge in [-0.3, -0.25) is 4.79 Å². The molecule has 0 saturated heterocycles. The van der Waals surface area contributed by atoms with Crippen molar-refractivity contribution < 1.29 is 14.3 Å². The second-order valence-electron chi connectivity index (χ2n) is 4.45. The number of nitrogens with zero attached hydrogens (tertiary/aromatic N) is 4. The van der Waals surface area contributed by atoms with Crippen LogP contribution in [0.4, 0.5) is 5.69 Å². The lowest BCUT2D eigenvalue weighted by Crippen LogP contribution is -2.14. The summed E-state index contributed by atoms with van der Waals surface area (Å²) in [5.41, 5.74) is 0.651. The van der Waals surface area contributed by atoms with Gasteiger partial charge in [-0.05, 0) is 36.4 Å². The summed E-state index contributed by atoms with van der Waals surface area (Å²) in [5, 5.41) is 14.5. The summed E-state index contributed by atoms with van der Waals surface area (Å²) in [6, 6.07) is 5.31. The minimum Gasteiger partial charge on any atom is -0.490 e. The molecule has 0 fully saturated rings. The van der Waals surface area contributed by atoms with Crippen LogP contribution in [0.15, 0.2) is 23.4 Å². The Hall–Kier alpha value is -2.29. The molecule has 8 nitrogen and oxygen atoms in total. The molecule has 0 aliphatic rings. The number of thioether (sulfide) groups is 1. The molecule has 0 radical (unpaired) electrons. The van der Waals surface area contributed by atoms with E-state index < -0.39 is 0 Å². The molecule has 0 unspecified atom stereocenters. The molecule has 1 heterocycles. The highest BCUT2D eigenvalue weighted by Gasteiger charge is 2.10. The van der Waals surface area contributed by atoms with Crippen LogP contribution in [0, 0.1) is 0 Å². The zero-order chi connectivity index (χ0) is 16.7. The Morgan fingerprint density at radius 2 is 2.00 bits per heavy atom. The molecule has 1 aromatic carbocycles. The summed E-state index contributed by atoms with van der Waals surface area (Å²) in [6.07, 6.45) is 0.